The Balaban J connectivity index is 2.12. The van der Waals surface area contributed by atoms with Crippen molar-refractivity contribution < 1.29 is 13.2 Å². The number of benzene rings is 1. The molecule has 0 amide bonds. The summed E-state index contributed by atoms with van der Waals surface area (Å²) in [7, 11) is 0. The second-order valence-electron chi connectivity index (χ2n) is 5.57. The normalized spacial score (nSPS) is 11.6. The summed E-state index contributed by atoms with van der Waals surface area (Å²) in [6.45, 7) is 4.97. The summed E-state index contributed by atoms with van der Waals surface area (Å²) < 4.78 is 39.0. The first-order valence-corrected chi connectivity index (χ1v) is 7.35. The Morgan fingerprint density at radius 3 is 2.48 bits per heavy atom. The van der Waals surface area contributed by atoms with Crippen molar-refractivity contribution in [1.82, 2.24) is 9.97 Å². The molecule has 0 atom stereocenters. The van der Waals surface area contributed by atoms with E-state index < -0.39 is 11.7 Å². The lowest BCUT2D eigenvalue weighted by Crippen LogP contribution is -2.10. The van der Waals surface area contributed by atoms with Crippen LogP contribution in [0.15, 0.2) is 36.7 Å². The minimum Gasteiger partial charge on any atom is -0.370 e. The molecule has 0 aliphatic carbocycles. The standard InChI is InChI=1S/C16H19F3N4/c1-11(2)7-8-20-14-9-15(22-10-21-14)23-13-6-4-3-5-12(13)16(17,18)19/h3-6,9-11H,7-8H2,1-2H3,(H2,20,21,22,23). The van der Waals surface area contributed by atoms with E-state index in [2.05, 4.69) is 34.4 Å². The van der Waals surface area contributed by atoms with Crippen molar-refractivity contribution in [1.29, 1.82) is 0 Å². The van der Waals surface area contributed by atoms with Gasteiger partial charge >= 0.3 is 6.18 Å². The SMILES string of the molecule is CC(C)CCNc1cc(Nc2ccccc2C(F)(F)F)ncn1. The molecule has 4 nitrogen and oxygen atoms in total. The first kappa shape index (κ1) is 17.1. The molecule has 0 aliphatic rings. The molecule has 2 N–H and O–H groups in total. The summed E-state index contributed by atoms with van der Waals surface area (Å²) >= 11 is 0. The highest BCUT2D eigenvalue weighted by molar-refractivity contribution is 5.63. The maximum Gasteiger partial charge on any atom is 0.418 e. The van der Waals surface area contributed by atoms with Crippen molar-refractivity contribution in [2.45, 2.75) is 26.4 Å². The molecule has 0 radical (unpaired) electrons. The van der Waals surface area contributed by atoms with Gasteiger partial charge in [0.05, 0.1) is 11.3 Å². The van der Waals surface area contributed by atoms with Crippen molar-refractivity contribution in [3.63, 3.8) is 0 Å². The zero-order valence-corrected chi connectivity index (χ0v) is 13.0. The van der Waals surface area contributed by atoms with Gasteiger partial charge in [0.2, 0.25) is 0 Å². The number of nitrogens with zero attached hydrogens (tertiary/aromatic N) is 2. The monoisotopic (exact) mass is 324 g/mol. The number of para-hydroxylation sites is 1. The highest BCUT2D eigenvalue weighted by atomic mass is 19.4. The van der Waals surface area contributed by atoms with Crippen LogP contribution in [0.5, 0.6) is 0 Å². The van der Waals surface area contributed by atoms with E-state index in [0.29, 0.717) is 17.6 Å². The summed E-state index contributed by atoms with van der Waals surface area (Å²) in [5.74, 6) is 1.44. The Morgan fingerprint density at radius 2 is 1.78 bits per heavy atom. The van der Waals surface area contributed by atoms with Crippen molar-refractivity contribution >= 4 is 17.3 Å². The molecule has 23 heavy (non-hydrogen) atoms. The van der Waals surface area contributed by atoms with Crippen LogP contribution in [-0.4, -0.2) is 16.5 Å². The van der Waals surface area contributed by atoms with Gasteiger partial charge in [-0.15, -0.1) is 0 Å². The van der Waals surface area contributed by atoms with Gasteiger partial charge in [-0.25, -0.2) is 9.97 Å². The summed E-state index contributed by atoms with van der Waals surface area (Å²) in [4.78, 5) is 8.04. The second-order valence-corrected chi connectivity index (χ2v) is 5.57. The van der Waals surface area contributed by atoms with Gasteiger partial charge in [0.15, 0.2) is 0 Å². The molecule has 0 unspecified atom stereocenters. The lowest BCUT2D eigenvalue weighted by Gasteiger charge is -2.14. The first-order chi connectivity index (χ1) is 10.9. The highest BCUT2D eigenvalue weighted by Gasteiger charge is 2.33. The number of nitrogens with one attached hydrogen (secondary N) is 2. The molecule has 1 heterocycles. The Morgan fingerprint density at radius 1 is 1.09 bits per heavy atom. The molecule has 124 valence electrons. The van der Waals surface area contributed by atoms with E-state index in [9.17, 15) is 13.2 Å². The van der Waals surface area contributed by atoms with E-state index in [0.717, 1.165) is 19.0 Å². The van der Waals surface area contributed by atoms with E-state index in [4.69, 9.17) is 0 Å². The van der Waals surface area contributed by atoms with Gasteiger partial charge in [-0.05, 0) is 24.5 Å². The minimum absolute atomic E-state index is 0.0353. The van der Waals surface area contributed by atoms with Crippen LogP contribution >= 0.6 is 0 Å². The summed E-state index contributed by atoms with van der Waals surface area (Å²) in [5, 5.41) is 5.84. The van der Waals surface area contributed by atoms with Crippen molar-refractivity contribution in [3.8, 4) is 0 Å². The fraction of sp³-hybridized carbons (Fsp3) is 0.375. The van der Waals surface area contributed by atoms with Gasteiger partial charge in [0.25, 0.3) is 0 Å². The molecule has 0 saturated heterocycles. The molecule has 2 aromatic rings. The Labute approximate surface area is 133 Å². The number of hydrogen-bond acceptors (Lipinski definition) is 4. The molecule has 2 rings (SSSR count). The molecule has 0 fully saturated rings. The lowest BCUT2D eigenvalue weighted by atomic mass is 10.1. The zero-order chi connectivity index (χ0) is 16.9. The smallest absolute Gasteiger partial charge is 0.370 e. The van der Waals surface area contributed by atoms with Crippen molar-refractivity contribution in [2.24, 2.45) is 5.92 Å². The molecule has 0 bridgehead atoms. The van der Waals surface area contributed by atoms with Gasteiger partial charge in [-0.2, -0.15) is 13.2 Å². The molecule has 0 aliphatic heterocycles. The number of hydrogen-bond donors (Lipinski definition) is 2. The van der Waals surface area contributed by atoms with Crippen molar-refractivity contribution in [2.75, 3.05) is 17.2 Å². The predicted molar refractivity (Wildman–Crippen MR) is 84.7 cm³/mol. The molecule has 0 spiro atoms. The number of aromatic nitrogens is 2. The van der Waals surface area contributed by atoms with Crippen molar-refractivity contribution in [3.05, 3.63) is 42.2 Å². The number of alkyl halides is 3. The van der Waals surface area contributed by atoms with E-state index in [1.165, 1.54) is 18.5 Å². The number of halogens is 3. The first-order valence-electron chi connectivity index (χ1n) is 7.35. The second kappa shape index (κ2) is 7.30. The highest BCUT2D eigenvalue weighted by Crippen LogP contribution is 2.35. The third-order valence-electron chi connectivity index (χ3n) is 3.19. The number of rotatable bonds is 6. The predicted octanol–water partition coefficient (Wildman–Crippen LogP) is 4.70. The average Bonchev–Trinajstić information content (AvgIpc) is 2.47. The fourth-order valence-corrected chi connectivity index (χ4v) is 1.99. The van der Waals surface area contributed by atoms with Crippen LogP contribution in [0.4, 0.5) is 30.5 Å². The zero-order valence-electron chi connectivity index (χ0n) is 13.0. The average molecular weight is 324 g/mol. The van der Waals surface area contributed by atoms with Crippen LogP contribution in [0.3, 0.4) is 0 Å². The van der Waals surface area contributed by atoms with Crippen LogP contribution in [-0.2, 0) is 6.18 Å². The largest absolute Gasteiger partial charge is 0.418 e. The van der Waals surface area contributed by atoms with E-state index >= 15 is 0 Å². The molecular weight excluding hydrogens is 305 g/mol. The van der Waals surface area contributed by atoms with Gasteiger partial charge in [0, 0.05) is 12.6 Å². The maximum atomic E-state index is 13.0. The van der Waals surface area contributed by atoms with Gasteiger partial charge in [0.1, 0.15) is 18.0 Å². The van der Waals surface area contributed by atoms with Crippen LogP contribution in [0.1, 0.15) is 25.8 Å². The molecule has 1 aromatic carbocycles. The third kappa shape index (κ3) is 5.12. The summed E-state index contributed by atoms with van der Waals surface area (Å²) in [5.41, 5.74) is -0.764. The van der Waals surface area contributed by atoms with Crippen LogP contribution < -0.4 is 10.6 Å². The van der Waals surface area contributed by atoms with Gasteiger partial charge in [-0.1, -0.05) is 26.0 Å². The van der Waals surface area contributed by atoms with Crippen LogP contribution in [0, 0.1) is 5.92 Å². The van der Waals surface area contributed by atoms with Gasteiger partial charge in [-0.3, -0.25) is 0 Å². The summed E-state index contributed by atoms with van der Waals surface area (Å²) in [6.07, 6.45) is -2.13. The molecular formula is C16H19F3N4. The topological polar surface area (TPSA) is 49.8 Å². The van der Waals surface area contributed by atoms with Crippen LogP contribution in [0.25, 0.3) is 0 Å². The lowest BCUT2D eigenvalue weighted by molar-refractivity contribution is -0.136. The third-order valence-corrected chi connectivity index (χ3v) is 3.19. The Kier molecular flexibility index (Phi) is 5.41. The molecule has 1 aromatic heterocycles. The van der Waals surface area contributed by atoms with E-state index in [1.807, 2.05) is 0 Å². The minimum atomic E-state index is -4.42. The quantitative estimate of drug-likeness (QED) is 0.809. The summed E-state index contributed by atoms with van der Waals surface area (Å²) in [6, 6.07) is 6.89. The number of anilines is 3. The Bertz CT molecular complexity index is 641. The van der Waals surface area contributed by atoms with Gasteiger partial charge < -0.3 is 10.6 Å². The molecule has 0 saturated carbocycles. The molecule has 7 heteroatoms. The fourth-order valence-electron chi connectivity index (χ4n) is 1.99. The Hall–Kier alpha value is -2.31. The maximum absolute atomic E-state index is 13.0. The van der Waals surface area contributed by atoms with Crippen LogP contribution in [0.2, 0.25) is 0 Å². The van der Waals surface area contributed by atoms with E-state index in [-0.39, 0.29) is 5.69 Å². The van der Waals surface area contributed by atoms with E-state index in [1.54, 1.807) is 12.1 Å².